The Morgan fingerprint density at radius 3 is 2.29 bits per heavy atom. The molecule has 2 rings (SSSR count). The normalized spacial score (nSPS) is 14.7. The molecule has 3 heteroatoms. The van der Waals surface area contributed by atoms with Gasteiger partial charge in [-0.25, -0.2) is 0 Å². The molecule has 0 fully saturated rings. The monoisotopic (exact) mass is 324 g/mol. The Labute approximate surface area is 145 Å². The van der Waals surface area contributed by atoms with Crippen LogP contribution in [0.3, 0.4) is 0 Å². The molecule has 0 spiro atoms. The molecule has 24 heavy (non-hydrogen) atoms. The standard InChI is InChI=1S/C21H28N2O/c1-4-16(3)20(22)21(24)23-19(18-8-6-5-7-9-18)14-17-12-10-15(2)11-13-17/h5-13,16,19-20H,4,14,22H2,1-3H3,(H,23,24)/t16?,19-,20+/m1/s1. The van der Waals surface area contributed by atoms with Crippen LogP contribution in [0.5, 0.6) is 0 Å². The van der Waals surface area contributed by atoms with E-state index in [4.69, 9.17) is 5.73 Å². The van der Waals surface area contributed by atoms with Gasteiger partial charge in [-0.3, -0.25) is 4.79 Å². The molecule has 0 aliphatic carbocycles. The third kappa shape index (κ3) is 4.93. The summed E-state index contributed by atoms with van der Waals surface area (Å²) in [5.41, 5.74) is 9.63. The molecule has 3 atom stereocenters. The molecule has 0 aliphatic rings. The molecule has 0 bridgehead atoms. The van der Waals surface area contributed by atoms with Crippen LogP contribution in [0.2, 0.25) is 0 Å². The van der Waals surface area contributed by atoms with Crippen molar-refractivity contribution in [3.63, 3.8) is 0 Å². The van der Waals surface area contributed by atoms with Crippen LogP contribution in [0.25, 0.3) is 0 Å². The van der Waals surface area contributed by atoms with Gasteiger partial charge in [-0.05, 0) is 30.4 Å². The van der Waals surface area contributed by atoms with Gasteiger partial charge in [0.2, 0.25) is 5.91 Å². The number of amides is 1. The molecule has 3 N–H and O–H groups in total. The second-order valence-corrected chi connectivity index (χ2v) is 6.57. The smallest absolute Gasteiger partial charge is 0.237 e. The summed E-state index contributed by atoms with van der Waals surface area (Å²) in [7, 11) is 0. The predicted octanol–water partition coefficient (Wildman–Crippen LogP) is 3.77. The summed E-state index contributed by atoms with van der Waals surface area (Å²) in [6.45, 7) is 6.14. The zero-order valence-electron chi connectivity index (χ0n) is 14.8. The summed E-state index contributed by atoms with van der Waals surface area (Å²) in [5, 5.41) is 3.15. The molecule has 0 saturated carbocycles. The highest BCUT2D eigenvalue weighted by atomic mass is 16.2. The highest BCUT2D eigenvalue weighted by molar-refractivity contribution is 5.82. The Morgan fingerprint density at radius 1 is 1.08 bits per heavy atom. The van der Waals surface area contributed by atoms with E-state index in [1.165, 1.54) is 11.1 Å². The van der Waals surface area contributed by atoms with Gasteiger partial charge in [-0.1, -0.05) is 80.4 Å². The number of hydrogen-bond acceptors (Lipinski definition) is 2. The fourth-order valence-electron chi connectivity index (χ4n) is 2.68. The number of aryl methyl sites for hydroxylation is 1. The molecule has 1 amide bonds. The SMILES string of the molecule is CCC(C)[C@H](N)C(=O)N[C@H](Cc1ccc(C)cc1)c1ccccc1. The number of carbonyl (C=O) groups is 1. The Balaban J connectivity index is 2.17. The lowest BCUT2D eigenvalue weighted by atomic mass is 9.95. The molecule has 0 aromatic heterocycles. The third-order valence-electron chi connectivity index (χ3n) is 4.64. The average molecular weight is 324 g/mol. The van der Waals surface area contributed by atoms with Crippen molar-refractivity contribution in [3.8, 4) is 0 Å². The first-order valence-corrected chi connectivity index (χ1v) is 8.67. The lowest BCUT2D eigenvalue weighted by Crippen LogP contribution is -2.46. The Hall–Kier alpha value is -2.13. The van der Waals surface area contributed by atoms with Crippen molar-refractivity contribution in [2.45, 2.75) is 45.7 Å². The maximum absolute atomic E-state index is 12.5. The van der Waals surface area contributed by atoms with Gasteiger partial charge in [0.1, 0.15) is 0 Å². The minimum atomic E-state index is -0.473. The van der Waals surface area contributed by atoms with Crippen molar-refractivity contribution >= 4 is 5.91 Å². The van der Waals surface area contributed by atoms with E-state index in [2.05, 4.69) is 43.4 Å². The fourth-order valence-corrected chi connectivity index (χ4v) is 2.68. The molecule has 2 aromatic rings. The van der Waals surface area contributed by atoms with Gasteiger partial charge in [0, 0.05) is 0 Å². The Morgan fingerprint density at radius 2 is 1.71 bits per heavy atom. The number of rotatable bonds is 7. The van der Waals surface area contributed by atoms with E-state index in [0.29, 0.717) is 0 Å². The molecule has 0 heterocycles. The van der Waals surface area contributed by atoms with Gasteiger partial charge in [0.15, 0.2) is 0 Å². The highest BCUT2D eigenvalue weighted by Crippen LogP contribution is 2.19. The first kappa shape index (κ1) is 18.2. The van der Waals surface area contributed by atoms with Gasteiger partial charge in [0.25, 0.3) is 0 Å². The Kier molecular flexibility index (Phi) is 6.56. The first-order valence-electron chi connectivity index (χ1n) is 8.67. The largest absolute Gasteiger partial charge is 0.348 e. The van der Waals surface area contributed by atoms with Crippen molar-refractivity contribution < 1.29 is 4.79 Å². The zero-order chi connectivity index (χ0) is 17.5. The molecular weight excluding hydrogens is 296 g/mol. The van der Waals surface area contributed by atoms with Gasteiger partial charge >= 0.3 is 0 Å². The van der Waals surface area contributed by atoms with E-state index in [9.17, 15) is 4.79 Å². The second-order valence-electron chi connectivity index (χ2n) is 6.57. The summed E-state index contributed by atoms with van der Waals surface area (Å²) in [5.74, 6) is 0.0890. The van der Waals surface area contributed by atoms with Crippen molar-refractivity contribution in [2.24, 2.45) is 11.7 Å². The minimum Gasteiger partial charge on any atom is -0.348 e. The molecule has 1 unspecified atom stereocenters. The molecule has 2 aromatic carbocycles. The van der Waals surface area contributed by atoms with Gasteiger partial charge in [-0.2, -0.15) is 0 Å². The van der Waals surface area contributed by atoms with Crippen LogP contribution >= 0.6 is 0 Å². The molecule has 3 nitrogen and oxygen atoms in total. The van der Waals surface area contributed by atoms with Gasteiger partial charge in [-0.15, -0.1) is 0 Å². The molecule has 0 aliphatic heterocycles. The second kappa shape index (κ2) is 8.65. The zero-order valence-corrected chi connectivity index (χ0v) is 14.8. The summed E-state index contributed by atoms with van der Waals surface area (Å²) < 4.78 is 0. The van der Waals surface area contributed by atoms with Crippen molar-refractivity contribution in [1.29, 1.82) is 0 Å². The number of hydrogen-bond donors (Lipinski definition) is 2. The van der Waals surface area contributed by atoms with Crippen molar-refractivity contribution in [3.05, 3.63) is 71.3 Å². The summed E-state index contributed by atoms with van der Waals surface area (Å²) >= 11 is 0. The van der Waals surface area contributed by atoms with Gasteiger partial charge < -0.3 is 11.1 Å². The fraction of sp³-hybridized carbons (Fsp3) is 0.381. The maximum atomic E-state index is 12.5. The topological polar surface area (TPSA) is 55.1 Å². The van der Waals surface area contributed by atoms with E-state index in [0.717, 1.165) is 18.4 Å². The third-order valence-corrected chi connectivity index (χ3v) is 4.64. The first-order chi connectivity index (χ1) is 11.5. The minimum absolute atomic E-state index is 0.0727. The van der Waals surface area contributed by atoms with Crippen LogP contribution in [0.15, 0.2) is 54.6 Å². The number of nitrogens with one attached hydrogen (secondary N) is 1. The van der Waals surface area contributed by atoms with Crippen LogP contribution in [-0.2, 0) is 11.2 Å². The number of nitrogens with two attached hydrogens (primary N) is 1. The predicted molar refractivity (Wildman–Crippen MR) is 99.6 cm³/mol. The Bertz CT molecular complexity index is 637. The summed E-state index contributed by atoms with van der Waals surface area (Å²) in [6.07, 6.45) is 1.64. The van der Waals surface area contributed by atoms with E-state index >= 15 is 0 Å². The lowest BCUT2D eigenvalue weighted by molar-refractivity contribution is -0.124. The summed E-state index contributed by atoms with van der Waals surface area (Å²) in [6, 6.07) is 18.0. The van der Waals surface area contributed by atoms with Crippen molar-refractivity contribution in [1.82, 2.24) is 5.32 Å². The molecule has 0 saturated heterocycles. The van der Waals surface area contributed by atoms with E-state index in [-0.39, 0.29) is 17.9 Å². The van der Waals surface area contributed by atoms with Crippen LogP contribution < -0.4 is 11.1 Å². The van der Waals surface area contributed by atoms with E-state index in [1.807, 2.05) is 37.3 Å². The average Bonchev–Trinajstić information content (AvgIpc) is 2.62. The summed E-state index contributed by atoms with van der Waals surface area (Å²) in [4.78, 5) is 12.5. The molecule has 0 radical (unpaired) electrons. The number of carbonyl (C=O) groups excluding carboxylic acids is 1. The molecule has 128 valence electrons. The highest BCUT2D eigenvalue weighted by Gasteiger charge is 2.23. The van der Waals surface area contributed by atoms with Gasteiger partial charge in [0.05, 0.1) is 12.1 Å². The maximum Gasteiger partial charge on any atom is 0.237 e. The van der Waals surface area contributed by atoms with E-state index in [1.54, 1.807) is 0 Å². The quantitative estimate of drug-likeness (QED) is 0.814. The van der Waals surface area contributed by atoms with Crippen LogP contribution in [0.4, 0.5) is 0 Å². The molecular formula is C21H28N2O. The van der Waals surface area contributed by atoms with Crippen molar-refractivity contribution in [2.75, 3.05) is 0 Å². The van der Waals surface area contributed by atoms with Crippen LogP contribution in [0, 0.1) is 12.8 Å². The van der Waals surface area contributed by atoms with E-state index < -0.39 is 6.04 Å². The van der Waals surface area contributed by atoms with Crippen LogP contribution in [0.1, 0.15) is 43.0 Å². The number of benzene rings is 2. The van der Waals surface area contributed by atoms with Crippen LogP contribution in [-0.4, -0.2) is 11.9 Å². The lowest BCUT2D eigenvalue weighted by Gasteiger charge is -2.24.